The Kier molecular flexibility index (Phi) is 5.44. The molecule has 0 aliphatic carbocycles. The average molecular weight is 377 g/mol. The summed E-state index contributed by atoms with van der Waals surface area (Å²) in [6, 6.07) is 18.9. The number of nitrogens with two attached hydrogens (primary N) is 1. The summed E-state index contributed by atoms with van der Waals surface area (Å²) in [6.07, 6.45) is 2.13. The van der Waals surface area contributed by atoms with Gasteiger partial charge in [0.2, 0.25) is 11.8 Å². The molecule has 2 amide bonds. The number of piperidine rings is 1. The average Bonchev–Trinajstić information content (AvgIpc) is 2.68. The molecule has 2 fully saturated rings. The lowest BCUT2D eigenvalue weighted by Crippen LogP contribution is -2.62. The van der Waals surface area contributed by atoms with Crippen LogP contribution in [0.5, 0.6) is 0 Å². The van der Waals surface area contributed by atoms with Gasteiger partial charge in [0.25, 0.3) is 0 Å². The summed E-state index contributed by atoms with van der Waals surface area (Å²) in [5, 5.41) is 0. The second-order valence-corrected chi connectivity index (χ2v) is 7.90. The van der Waals surface area contributed by atoms with Crippen LogP contribution in [0.1, 0.15) is 18.4 Å². The molecule has 2 aromatic rings. The summed E-state index contributed by atoms with van der Waals surface area (Å²) in [5.74, 6) is 0.0343. The van der Waals surface area contributed by atoms with Crippen molar-refractivity contribution in [2.75, 3.05) is 26.2 Å². The summed E-state index contributed by atoms with van der Waals surface area (Å²) in [7, 11) is 0. The quantitative estimate of drug-likeness (QED) is 0.869. The standard InChI is InChI=1S/C23H27N3O2/c24-23(28)20-10-12-25(13-11-20)21-15-26(16-21)22(27)14-17-6-8-19(9-7-17)18-4-2-1-3-5-18/h1-9,20-21H,10-16H2,(H2,24,28). The first-order chi connectivity index (χ1) is 13.6. The third-order valence-corrected chi connectivity index (χ3v) is 6.08. The summed E-state index contributed by atoms with van der Waals surface area (Å²) in [4.78, 5) is 28.2. The Morgan fingerprint density at radius 1 is 0.893 bits per heavy atom. The number of hydrogen-bond donors (Lipinski definition) is 1. The van der Waals surface area contributed by atoms with Crippen molar-refractivity contribution >= 4 is 11.8 Å². The molecule has 2 N–H and O–H groups in total. The maximum Gasteiger partial charge on any atom is 0.227 e. The van der Waals surface area contributed by atoms with Crippen LogP contribution in [-0.2, 0) is 16.0 Å². The van der Waals surface area contributed by atoms with Gasteiger partial charge in [-0.2, -0.15) is 0 Å². The normalized spacial score (nSPS) is 18.6. The van der Waals surface area contributed by atoms with E-state index >= 15 is 0 Å². The topological polar surface area (TPSA) is 66.6 Å². The molecule has 4 rings (SSSR count). The number of hydrogen-bond acceptors (Lipinski definition) is 3. The second kappa shape index (κ2) is 8.15. The van der Waals surface area contributed by atoms with Crippen LogP contribution in [0.3, 0.4) is 0 Å². The summed E-state index contributed by atoms with van der Waals surface area (Å²) >= 11 is 0. The van der Waals surface area contributed by atoms with Gasteiger partial charge in [0.1, 0.15) is 0 Å². The first-order valence-corrected chi connectivity index (χ1v) is 10.1. The Balaban J connectivity index is 1.25. The van der Waals surface area contributed by atoms with Crippen LogP contribution in [0.15, 0.2) is 54.6 Å². The number of carbonyl (C=O) groups excluding carboxylic acids is 2. The third-order valence-electron chi connectivity index (χ3n) is 6.08. The van der Waals surface area contributed by atoms with Crippen LogP contribution in [-0.4, -0.2) is 53.8 Å². The third kappa shape index (κ3) is 4.09. The Bertz CT molecular complexity index is 821. The molecule has 28 heavy (non-hydrogen) atoms. The molecule has 2 aromatic carbocycles. The molecule has 5 heteroatoms. The highest BCUT2D eigenvalue weighted by Crippen LogP contribution is 2.24. The van der Waals surface area contributed by atoms with E-state index in [-0.39, 0.29) is 17.7 Å². The highest BCUT2D eigenvalue weighted by molar-refractivity contribution is 5.80. The number of benzene rings is 2. The predicted octanol–water partition coefficient (Wildman–Crippen LogP) is 2.30. The van der Waals surface area contributed by atoms with E-state index in [4.69, 9.17) is 5.73 Å². The number of primary amides is 1. The minimum Gasteiger partial charge on any atom is -0.369 e. The first kappa shape index (κ1) is 18.7. The molecule has 0 atom stereocenters. The minimum atomic E-state index is -0.177. The molecule has 2 aliphatic heterocycles. The van der Waals surface area contributed by atoms with E-state index in [0.29, 0.717) is 12.5 Å². The van der Waals surface area contributed by atoms with Crippen LogP contribution in [0, 0.1) is 5.92 Å². The van der Waals surface area contributed by atoms with Gasteiger partial charge in [-0.15, -0.1) is 0 Å². The lowest BCUT2D eigenvalue weighted by Gasteiger charge is -2.47. The van der Waals surface area contributed by atoms with E-state index in [0.717, 1.165) is 44.6 Å². The van der Waals surface area contributed by atoms with E-state index in [1.54, 1.807) is 0 Å². The van der Waals surface area contributed by atoms with E-state index in [9.17, 15) is 9.59 Å². The maximum absolute atomic E-state index is 12.6. The fraction of sp³-hybridized carbons (Fsp3) is 0.391. The van der Waals surface area contributed by atoms with E-state index in [2.05, 4.69) is 29.2 Å². The van der Waals surface area contributed by atoms with Crippen LogP contribution < -0.4 is 5.73 Å². The lowest BCUT2D eigenvalue weighted by molar-refractivity contribution is -0.138. The van der Waals surface area contributed by atoms with Gasteiger partial charge in [0.15, 0.2) is 0 Å². The number of nitrogens with zero attached hydrogens (tertiary/aromatic N) is 2. The molecule has 0 bridgehead atoms. The van der Waals surface area contributed by atoms with E-state index in [1.807, 2.05) is 35.2 Å². The summed E-state index contributed by atoms with van der Waals surface area (Å²) in [6.45, 7) is 3.40. The van der Waals surface area contributed by atoms with Gasteiger partial charge in [0, 0.05) is 25.0 Å². The van der Waals surface area contributed by atoms with Crippen molar-refractivity contribution in [1.82, 2.24) is 9.80 Å². The van der Waals surface area contributed by atoms with Crippen LogP contribution in [0.2, 0.25) is 0 Å². The molecule has 146 valence electrons. The molecule has 5 nitrogen and oxygen atoms in total. The van der Waals surface area contributed by atoms with Gasteiger partial charge in [-0.25, -0.2) is 0 Å². The highest BCUT2D eigenvalue weighted by Gasteiger charge is 2.36. The molecule has 0 saturated carbocycles. The Morgan fingerprint density at radius 3 is 2.11 bits per heavy atom. The van der Waals surface area contributed by atoms with Gasteiger partial charge >= 0.3 is 0 Å². The zero-order chi connectivity index (χ0) is 19.5. The zero-order valence-electron chi connectivity index (χ0n) is 16.1. The van der Waals surface area contributed by atoms with Gasteiger partial charge in [-0.3, -0.25) is 14.5 Å². The Morgan fingerprint density at radius 2 is 1.50 bits per heavy atom. The number of carbonyl (C=O) groups is 2. The zero-order valence-corrected chi connectivity index (χ0v) is 16.1. The van der Waals surface area contributed by atoms with Crippen molar-refractivity contribution in [2.45, 2.75) is 25.3 Å². The molecule has 2 saturated heterocycles. The van der Waals surface area contributed by atoms with Crippen molar-refractivity contribution in [1.29, 1.82) is 0 Å². The molecular formula is C23H27N3O2. The number of rotatable bonds is 5. The van der Waals surface area contributed by atoms with Crippen molar-refractivity contribution in [3.8, 4) is 11.1 Å². The molecular weight excluding hydrogens is 350 g/mol. The SMILES string of the molecule is NC(=O)C1CCN(C2CN(C(=O)Cc3ccc(-c4ccccc4)cc3)C2)CC1. The smallest absolute Gasteiger partial charge is 0.227 e. The maximum atomic E-state index is 12.6. The molecule has 0 radical (unpaired) electrons. The van der Waals surface area contributed by atoms with Crippen LogP contribution >= 0.6 is 0 Å². The van der Waals surface area contributed by atoms with Gasteiger partial charge in [-0.1, -0.05) is 54.6 Å². The van der Waals surface area contributed by atoms with Crippen molar-refractivity contribution in [3.63, 3.8) is 0 Å². The summed E-state index contributed by atoms with van der Waals surface area (Å²) in [5.41, 5.74) is 8.81. The van der Waals surface area contributed by atoms with Gasteiger partial charge < -0.3 is 10.6 Å². The molecule has 0 aromatic heterocycles. The number of amides is 2. The summed E-state index contributed by atoms with van der Waals surface area (Å²) < 4.78 is 0. The van der Waals surface area contributed by atoms with Crippen molar-refractivity contribution in [2.24, 2.45) is 11.7 Å². The lowest BCUT2D eigenvalue weighted by atomic mass is 9.93. The van der Waals surface area contributed by atoms with Crippen molar-refractivity contribution in [3.05, 3.63) is 60.2 Å². The van der Waals surface area contributed by atoms with Crippen LogP contribution in [0.4, 0.5) is 0 Å². The van der Waals surface area contributed by atoms with Crippen LogP contribution in [0.25, 0.3) is 11.1 Å². The Hall–Kier alpha value is -2.66. The highest BCUT2D eigenvalue weighted by atomic mass is 16.2. The predicted molar refractivity (Wildman–Crippen MR) is 109 cm³/mol. The molecule has 2 heterocycles. The van der Waals surface area contributed by atoms with E-state index < -0.39 is 0 Å². The van der Waals surface area contributed by atoms with Gasteiger partial charge in [-0.05, 0) is 42.6 Å². The largest absolute Gasteiger partial charge is 0.369 e. The fourth-order valence-corrected chi connectivity index (χ4v) is 4.17. The first-order valence-electron chi connectivity index (χ1n) is 10.1. The number of likely N-dealkylation sites (tertiary alicyclic amines) is 2. The Labute approximate surface area is 166 Å². The molecule has 0 spiro atoms. The monoisotopic (exact) mass is 377 g/mol. The van der Waals surface area contributed by atoms with Gasteiger partial charge in [0.05, 0.1) is 6.42 Å². The van der Waals surface area contributed by atoms with E-state index in [1.165, 1.54) is 11.1 Å². The second-order valence-electron chi connectivity index (χ2n) is 7.90. The molecule has 0 unspecified atom stereocenters. The van der Waals surface area contributed by atoms with Crippen molar-refractivity contribution < 1.29 is 9.59 Å². The fourth-order valence-electron chi connectivity index (χ4n) is 4.17. The minimum absolute atomic E-state index is 0.0212. The molecule has 2 aliphatic rings.